The van der Waals surface area contributed by atoms with Crippen LogP contribution in [-0.4, -0.2) is 6.54 Å². The van der Waals surface area contributed by atoms with E-state index in [1.165, 1.54) is 12.1 Å². The van der Waals surface area contributed by atoms with Gasteiger partial charge in [0.15, 0.2) is 0 Å². The number of benzene rings is 1. The smallest absolute Gasteiger partial charge is 0.381 e. The van der Waals surface area contributed by atoms with E-state index in [2.05, 4.69) is 11.9 Å². The standard InChI is InChI=1S/C14H12F3N/c1-2-13-7-6-11(9-18-13)10-4-3-5-12(8-10)14(15,16)17/h2-8,18H,1,9H2. The molecule has 0 atom stereocenters. The highest BCUT2D eigenvalue weighted by molar-refractivity contribution is 5.70. The maximum atomic E-state index is 12.6. The molecular weight excluding hydrogens is 239 g/mol. The van der Waals surface area contributed by atoms with Gasteiger partial charge in [-0.15, -0.1) is 0 Å². The Morgan fingerprint density at radius 3 is 2.56 bits per heavy atom. The van der Waals surface area contributed by atoms with Crippen molar-refractivity contribution in [3.63, 3.8) is 0 Å². The largest absolute Gasteiger partial charge is 0.416 e. The lowest BCUT2D eigenvalue weighted by Crippen LogP contribution is -2.17. The zero-order valence-corrected chi connectivity index (χ0v) is 9.59. The average molecular weight is 251 g/mol. The Bertz CT molecular complexity index is 524. The van der Waals surface area contributed by atoms with Crippen molar-refractivity contribution in [2.24, 2.45) is 0 Å². The Morgan fingerprint density at radius 1 is 1.22 bits per heavy atom. The van der Waals surface area contributed by atoms with Crippen molar-refractivity contribution in [2.45, 2.75) is 6.18 Å². The lowest BCUT2D eigenvalue weighted by molar-refractivity contribution is -0.137. The molecule has 4 heteroatoms. The molecule has 2 rings (SSSR count). The molecule has 1 aliphatic rings. The van der Waals surface area contributed by atoms with E-state index in [4.69, 9.17) is 0 Å². The van der Waals surface area contributed by atoms with Crippen LogP contribution in [0, 0.1) is 0 Å². The summed E-state index contributed by atoms with van der Waals surface area (Å²) in [4.78, 5) is 0. The third kappa shape index (κ3) is 2.64. The molecule has 0 aliphatic carbocycles. The number of allylic oxidation sites excluding steroid dienone is 3. The van der Waals surface area contributed by atoms with Gasteiger partial charge >= 0.3 is 6.18 Å². The van der Waals surface area contributed by atoms with Gasteiger partial charge in [-0.25, -0.2) is 0 Å². The van der Waals surface area contributed by atoms with E-state index in [-0.39, 0.29) is 0 Å². The van der Waals surface area contributed by atoms with Crippen molar-refractivity contribution in [3.05, 3.63) is 65.9 Å². The van der Waals surface area contributed by atoms with Crippen LogP contribution in [-0.2, 0) is 6.18 Å². The monoisotopic (exact) mass is 251 g/mol. The lowest BCUT2D eigenvalue weighted by Gasteiger charge is -2.16. The molecule has 0 saturated heterocycles. The maximum Gasteiger partial charge on any atom is 0.416 e. The van der Waals surface area contributed by atoms with Gasteiger partial charge in [-0.3, -0.25) is 0 Å². The summed E-state index contributed by atoms with van der Waals surface area (Å²) in [7, 11) is 0. The molecule has 0 aromatic heterocycles. The van der Waals surface area contributed by atoms with Crippen molar-refractivity contribution in [3.8, 4) is 0 Å². The van der Waals surface area contributed by atoms with Crippen LogP contribution in [0.2, 0.25) is 0 Å². The van der Waals surface area contributed by atoms with Crippen LogP contribution in [0.15, 0.2) is 54.8 Å². The molecule has 0 radical (unpaired) electrons. The van der Waals surface area contributed by atoms with Gasteiger partial charge < -0.3 is 5.32 Å². The second kappa shape index (κ2) is 4.72. The molecule has 0 spiro atoms. The molecule has 18 heavy (non-hydrogen) atoms. The fraction of sp³-hybridized carbons (Fsp3) is 0.143. The molecule has 1 nitrogen and oxygen atoms in total. The first-order chi connectivity index (χ1) is 8.50. The first-order valence-electron chi connectivity index (χ1n) is 5.45. The van der Waals surface area contributed by atoms with E-state index in [9.17, 15) is 13.2 Å². The summed E-state index contributed by atoms with van der Waals surface area (Å²) in [5.41, 5.74) is 1.65. The Balaban J connectivity index is 2.33. The molecule has 1 heterocycles. The fourth-order valence-corrected chi connectivity index (χ4v) is 1.74. The van der Waals surface area contributed by atoms with Gasteiger partial charge in [0.2, 0.25) is 0 Å². The van der Waals surface area contributed by atoms with Crippen LogP contribution in [0.5, 0.6) is 0 Å². The normalized spacial score (nSPS) is 15.5. The van der Waals surface area contributed by atoms with Gasteiger partial charge in [-0.05, 0) is 35.4 Å². The number of hydrogen-bond acceptors (Lipinski definition) is 1. The quantitative estimate of drug-likeness (QED) is 0.843. The highest BCUT2D eigenvalue weighted by atomic mass is 19.4. The van der Waals surface area contributed by atoms with E-state index in [1.807, 2.05) is 6.08 Å². The molecule has 0 unspecified atom stereocenters. The van der Waals surface area contributed by atoms with E-state index in [0.29, 0.717) is 12.1 Å². The fourth-order valence-electron chi connectivity index (χ4n) is 1.74. The molecule has 1 aliphatic heterocycles. The average Bonchev–Trinajstić information content (AvgIpc) is 2.38. The van der Waals surface area contributed by atoms with Gasteiger partial charge in [0, 0.05) is 12.2 Å². The number of nitrogens with one attached hydrogen (secondary N) is 1. The first-order valence-corrected chi connectivity index (χ1v) is 5.45. The third-order valence-corrected chi connectivity index (χ3v) is 2.73. The zero-order valence-electron chi connectivity index (χ0n) is 9.59. The topological polar surface area (TPSA) is 12.0 Å². The highest BCUT2D eigenvalue weighted by Gasteiger charge is 2.30. The molecule has 1 aromatic rings. The number of hydrogen-bond donors (Lipinski definition) is 1. The third-order valence-electron chi connectivity index (χ3n) is 2.73. The summed E-state index contributed by atoms with van der Waals surface area (Å²) in [5, 5.41) is 3.07. The first kappa shape index (κ1) is 12.5. The molecule has 0 fully saturated rings. The molecule has 1 aromatic carbocycles. The van der Waals surface area contributed by atoms with Crippen LogP contribution >= 0.6 is 0 Å². The van der Waals surface area contributed by atoms with Gasteiger partial charge in [-0.1, -0.05) is 24.8 Å². The molecule has 94 valence electrons. The van der Waals surface area contributed by atoms with Crippen LogP contribution in [0.3, 0.4) is 0 Å². The summed E-state index contributed by atoms with van der Waals surface area (Å²) in [6, 6.07) is 5.34. The van der Waals surface area contributed by atoms with Crippen LogP contribution in [0.4, 0.5) is 13.2 Å². The van der Waals surface area contributed by atoms with E-state index in [0.717, 1.165) is 17.3 Å². The summed E-state index contributed by atoms with van der Waals surface area (Å²) in [6.07, 6.45) is 0.968. The second-order valence-corrected chi connectivity index (χ2v) is 3.95. The predicted molar refractivity (Wildman–Crippen MR) is 65.7 cm³/mol. The Labute approximate surface area is 103 Å². The Kier molecular flexibility index (Phi) is 3.28. The second-order valence-electron chi connectivity index (χ2n) is 3.95. The van der Waals surface area contributed by atoms with E-state index < -0.39 is 11.7 Å². The number of halogens is 3. The summed E-state index contributed by atoms with van der Waals surface area (Å²) < 4.78 is 37.8. The Morgan fingerprint density at radius 2 is 2.00 bits per heavy atom. The lowest BCUT2D eigenvalue weighted by atomic mass is 10.0. The number of alkyl halides is 3. The van der Waals surface area contributed by atoms with Crippen molar-refractivity contribution in [2.75, 3.05) is 6.54 Å². The van der Waals surface area contributed by atoms with Crippen LogP contribution < -0.4 is 5.32 Å². The van der Waals surface area contributed by atoms with Gasteiger partial charge in [0.1, 0.15) is 0 Å². The van der Waals surface area contributed by atoms with Crippen molar-refractivity contribution in [1.82, 2.24) is 5.32 Å². The SMILES string of the molecule is C=CC1=CC=C(c2cccc(C(F)(F)F)c2)CN1. The summed E-state index contributed by atoms with van der Waals surface area (Å²) in [6.45, 7) is 4.12. The predicted octanol–water partition coefficient (Wildman–Crippen LogP) is 3.76. The van der Waals surface area contributed by atoms with Gasteiger partial charge in [0.25, 0.3) is 0 Å². The molecular formula is C14H12F3N. The maximum absolute atomic E-state index is 12.6. The van der Waals surface area contributed by atoms with Crippen LogP contribution in [0.1, 0.15) is 11.1 Å². The molecule has 0 bridgehead atoms. The zero-order chi connectivity index (χ0) is 13.2. The van der Waals surface area contributed by atoms with Crippen molar-refractivity contribution in [1.29, 1.82) is 0 Å². The van der Waals surface area contributed by atoms with Gasteiger partial charge in [-0.2, -0.15) is 13.2 Å². The molecule has 0 saturated carbocycles. The van der Waals surface area contributed by atoms with Crippen LogP contribution in [0.25, 0.3) is 5.57 Å². The molecule has 1 N–H and O–H groups in total. The molecule has 0 amide bonds. The van der Waals surface area contributed by atoms with Crippen molar-refractivity contribution < 1.29 is 13.2 Å². The minimum Gasteiger partial charge on any atom is -0.381 e. The highest BCUT2D eigenvalue weighted by Crippen LogP contribution is 2.31. The summed E-state index contributed by atoms with van der Waals surface area (Å²) in [5.74, 6) is 0. The number of dihydropyridines is 1. The van der Waals surface area contributed by atoms with E-state index in [1.54, 1.807) is 18.2 Å². The van der Waals surface area contributed by atoms with Gasteiger partial charge in [0.05, 0.1) is 5.56 Å². The number of rotatable bonds is 2. The summed E-state index contributed by atoms with van der Waals surface area (Å²) >= 11 is 0. The van der Waals surface area contributed by atoms with Crippen molar-refractivity contribution >= 4 is 5.57 Å². The Hall–Kier alpha value is -1.97. The minimum atomic E-state index is -4.30. The van der Waals surface area contributed by atoms with E-state index >= 15 is 0 Å². The minimum absolute atomic E-state index is 0.499.